The molecule has 3 aromatic rings. The first-order valence-corrected chi connectivity index (χ1v) is 13.3. The van der Waals surface area contributed by atoms with Crippen molar-refractivity contribution >= 4 is 16.8 Å². The van der Waals surface area contributed by atoms with Crippen LogP contribution in [0.3, 0.4) is 0 Å². The second-order valence-electron chi connectivity index (χ2n) is 9.90. The Morgan fingerprint density at radius 2 is 1.69 bits per heavy atom. The van der Waals surface area contributed by atoms with Gasteiger partial charge in [0.1, 0.15) is 11.4 Å². The number of benzene rings is 2. The fourth-order valence-corrected chi connectivity index (χ4v) is 5.46. The molecule has 0 spiro atoms. The van der Waals surface area contributed by atoms with E-state index in [0.717, 1.165) is 60.3 Å². The molecule has 5 rings (SSSR count). The van der Waals surface area contributed by atoms with Crippen molar-refractivity contribution in [2.24, 2.45) is 0 Å². The summed E-state index contributed by atoms with van der Waals surface area (Å²) in [5.74, 6) is 0.862. The molecule has 0 unspecified atom stereocenters. The molecule has 1 amide bonds. The van der Waals surface area contributed by atoms with Crippen LogP contribution in [0.4, 0.5) is 0 Å². The van der Waals surface area contributed by atoms with E-state index in [2.05, 4.69) is 38.3 Å². The average Bonchev–Trinajstić information content (AvgIpc) is 3.35. The van der Waals surface area contributed by atoms with Gasteiger partial charge in [0.05, 0.1) is 6.61 Å². The molecule has 186 valence electrons. The van der Waals surface area contributed by atoms with Gasteiger partial charge in [0, 0.05) is 43.1 Å². The third-order valence-corrected chi connectivity index (χ3v) is 7.49. The van der Waals surface area contributed by atoms with Crippen LogP contribution in [0.25, 0.3) is 22.0 Å². The van der Waals surface area contributed by atoms with Gasteiger partial charge in [-0.3, -0.25) is 4.79 Å². The molecule has 1 aromatic heterocycles. The number of fused-ring (bicyclic) bond motifs is 1. The number of hydrogen-bond acceptors (Lipinski definition) is 4. The van der Waals surface area contributed by atoms with E-state index >= 15 is 0 Å². The Balaban J connectivity index is 1.18. The summed E-state index contributed by atoms with van der Waals surface area (Å²) in [4.78, 5) is 21.6. The lowest BCUT2D eigenvalue weighted by Gasteiger charge is -2.34. The number of ether oxygens (including phenoxy) is 1. The summed E-state index contributed by atoms with van der Waals surface area (Å²) < 4.78 is 5.58. The largest absolute Gasteiger partial charge is 0.494 e. The molecule has 2 N–H and O–H groups in total. The number of nitrogens with zero attached hydrogens (tertiary/aromatic N) is 2. The summed E-state index contributed by atoms with van der Waals surface area (Å²) in [6, 6.07) is 16.5. The van der Waals surface area contributed by atoms with Gasteiger partial charge in [-0.15, -0.1) is 0 Å². The Hall–Kier alpha value is -2.83. The summed E-state index contributed by atoms with van der Waals surface area (Å²) in [6.07, 6.45) is 6.13. The molecule has 2 fully saturated rings. The van der Waals surface area contributed by atoms with Crippen LogP contribution in [0.2, 0.25) is 0 Å². The maximum atomic E-state index is 13.1. The summed E-state index contributed by atoms with van der Waals surface area (Å²) in [6.45, 7) is 9.62. The Morgan fingerprint density at radius 1 is 0.971 bits per heavy atom. The summed E-state index contributed by atoms with van der Waals surface area (Å²) in [5, 5.41) is 4.34. The van der Waals surface area contributed by atoms with Gasteiger partial charge in [0.25, 0.3) is 5.91 Å². The van der Waals surface area contributed by atoms with Crippen LogP contribution >= 0.6 is 0 Å². The summed E-state index contributed by atoms with van der Waals surface area (Å²) in [5.41, 5.74) is 3.84. The predicted octanol–water partition coefficient (Wildman–Crippen LogP) is 4.91. The third kappa shape index (κ3) is 5.88. The molecule has 6 nitrogen and oxygen atoms in total. The van der Waals surface area contributed by atoms with Crippen LogP contribution in [-0.2, 0) is 0 Å². The van der Waals surface area contributed by atoms with Crippen molar-refractivity contribution in [3.05, 3.63) is 54.2 Å². The van der Waals surface area contributed by atoms with E-state index < -0.39 is 0 Å². The highest BCUT2D eigenvalue weighted by Crippen LogP contribution is 2.30. The molecule has 35 heavy (non-hydrogen) atoms. The number of nitrogens with one attached hydrogen (secondary N) is 2. The lowest BCUT2D eigenvalue weighted by Crippen LogP contribution is -2.46. The molecular weight excluding hydrogens is 436 g/mol. The highest BCUT2D eigenvalue weighted by Gasteiger charge is 2.22. The van der Waals surface area contributed by atoms with E-state index in [1.807, 2.05) is 37.3 Å². The molecule has 6 heteroatoms. The molecule has 0 saturated carbocycles. The quantitative estimate of drug-likeness (QED) is 0.487. The van der Waals surface area contributed by atoms with Gasteiger partial charge in [0.2, 0.25) is 0 Å². The Bertz CT molecular complexity index is 1110. The zero-order valence-electron chi connectivity index (χ0n) is 20.9. The van der Waals surface area contributed by atoms with Gasteiger partial charge in [-0.1, -0.05) is 30.7 Å². The Kier molecular flexibility index (Phi) is 7.69. The maximum absolute atomic E-state index is 13.1. The molecule has 0 atom stereocenters. The van der Waals surface area contributed by atoms with Crippen LogP contribution in [0, 0.1) is 0 Å². The number of rotatable bonds is 8. The molecule has 2 saturated heterocycles. The highest BCUT2D eigenvalue weighted by molar-refractivity contribution is 6.03. The van der Waals surface area contributed by atoms with Crippen molar-refractivity contribution in [3.8, 4) is 16.9 Å². The molecule has 2 aromatic carbocycles. The first-order chi connectivity index (χ1) is 17.2. The van der Waals surface area contributed by atoms with Gasteiger partial charge in [-0.05, 0) is 81.1 Å². The van der Waals surface area contributed by atoms with Gasteiger partial charge in [0.15, 0.2) is 0 Å². The predicted molar refractivity (Wildman–Crippen MR) is 142 cm³/mol. The standard InChI is InChI=1S/C29H38N4O2/c1-2-35-24-11-9-22(10-12-24)25-7-6-8-27-26(25)21-28(31-27)29(34)30-23-13-17-33(18-14-23)20-19-32-15-4-3-5-16-32/h6-12,21,23,31H,2-5,13-20H2,1H3,(H,30,34). The third-order valence-electron chi connectivity index (χ3n) is 7.49. The van der Waals surface area contributed by atoms with Gasteiger partial charge < -0.3 is 24.8 Å². The van der Waals surface area contributed by atoms with E-state index in [4.69, 9.17) is 4.74 Å². The number of H-pyrrole nitrogens is 1. The number of carbonyl (C=O) groups is 1. The monoisotopic (exact) mass is 474 g/mol. The fraction of sp³-hybridized carbons (Fsp3) is 0.483. The van der Waals surface area contributed by atoms with Gasteiger partial charge in [-0.25, -0.2) is 0 Å². The van der Waals surface area contributed by atoms with E-state index in [9.17, 15) is 4.79 Å². The van der Waals surface area contributed by atoms with Crippen LogP contribution in [-0.4, -0.2) is 72.6 Å². The van der Waals surface area contributed by atoms with Crippen LogP contribution in [0.15, 0.2) is 48.5 Å². The molecule has 0 bridgehead atoms. The van der Waals surface area contributed by atoms with E-state index in [-0.39, 0.29) is 11.9 Å². The molecule has 2 aliphatic heterocycles. The van der Waals surface area contributed by atoms with Crippen molar-refractivity contribution in [1.29, 1.82) is 0 Å². The van der Waals surface area contributed by atoms with Crippen molar-refractivity contribution in [3.63, 3.8) is 0 Å². The zero-order chi connectivity index (χ0) is 24.0. The Labute approximate surface area is 208 Å². The van der Waals surface area contributed by atoms with E-state index in [1.165, 1.54) is 38.9 Å². The molecule has 0 radical (unpaired) electrons. The van der Waals surface area contributed by atoms with Crippen molar-refractivity contribution < 1.29 is 9.53 Å². The van der Waals surface area contributed by atoms with Gasteiger partial charge >= 0.3 is 0 Å². The van der Waals surface area contributed by atoms with Crippen molar-refractivity contribution in [2.45, 2.75) is 45.1 Å². The number of piperidine rings is 2. The summed E-state index contributed by atoms with van der Waals surface area (Å²) >= 11 is 0. The van der Waals surface area contributed by atoms with Crippen LogP contribution < -0.4 is 10.1 Å². The smallest absolute Gasteiger partial charge is 0.267 e. The number of aromatic nitrogens is 1. The first kappa shape index (κ1) is 23.9. The van der Waals surface area contributed by atoms with Crippen LogP contribution in [0.5, 0.6) is 5.75 Å². The highest BCUT2D eigenvalue weighted by atomic mass is 16.5. The number of carbonyl (C=O) groups excluding carboxylic acids is 1. The minimum absolute atomic E-state index is 0.00869. The minimum atomic E-state index is -0.00869. The maximum Gasteiger partial charge on any atom is 0.267 e. The van der Waals surface area contributed by atoms with Crippen molar-refractivity contribution in [1.82, 2.24) is 20.1 Å². The minimum Gasteiger partial charge on any atom is -0.494 e. The van der Waals surface area contributed by atoms with Crippen LogP contribution in [0.1, 0.15) is 49.5 Å². The normalized spacial score (nSPS) is 18.1. The first-order valence-electron chi connectivity index (χ1n) is 13.3. The summed E-state index contributed by atoms with van der Waals surface area (Å²) in [7, 11) is 0. The Morgan fingerprint density at radius 3 is 2.40 bits per heavy atom. The fourth-order valence-electron chi connectivity index (χ4n) is 5.46. The number of likely N-dealkylation sites (tertiary alicyclic amines) is 2. The topological polar surface area (TPSA) is 60.6 Å². The lowest BCUT2D eigenvalue weighted by atomic mass is 10.0. The molecule has 2 aliphatic rings. The number of aromatic amines is 1. The second-order valence-corrected chi connectivity index (χ2v) is 9.90. The number of amides is 1. The number of hydrogen-bond donors (Lipinski definition) is 2. The molecular formula is C29H38N4O2. The lowest BCUT2D eigenvalue weighted by molar-refractivity contribution is 0.0901. The van der Waals surface area contributed by atoms with Gasteiger partial charge in [-0.2, -0.15) is 0 Å². The zero-order valence-corrected chi connectivity index (χ0v) is 20.9. The van der Waals surface area contributed by atoms with E-state index in [0.29, 0.717) is 12.3 Å². The average molecular weight is 475 g/mol. The molecule has 0 aliphatic carbocycles. The second kappa shape index (κ2) is 11.3. The SMILES string of the molecule is CCOc1ccc(-c2cccc3[nH]c(C(=O)NC4CCN(CCN5CCCCC5)CC4)cc23)cc1. The van der Waals surface area contributed by atoms with E-state index in [1.54, 1.807) is 0 Å². The van der Waals surface area contributed by atoms with Crippen molar-refractivity contribution in [2.75, 3.05) is 45.9 Å². The molecule has 3 heterocycles.